The van der Waals surface area contributed by atoms with E-state index in [1.165, 1.54) is 17.3 Å². The topological polar surface area (TPSA) is 61.6 Å². The highest BCUT2D eigenvalue weighted by molar-refractivity contribution is 5.61. The first-order valence-electron chi connectivity index (χ1n) is 5.82. The zero-order valence-corrected chi connectivity index (χ0v) is 10.4. The monoisotopic (exact) mass is 238 g/mol. The number of nitrogens with one attached hydrogen (secondary N) is 1. The number of hydrogen-bond donors (Lipinski definition) is 1. The number of nitriles is 1. The van der Waals surface area contributed by atoms with E-state index < -0.39 is 0 Å². The van der Waals surface area contributed by atoms with Crippen LogP contribution < -0.4 is 5.32 Å². The van der Waals surface area contributed by atoms with Gasteiger partial charge in [0.05, 0.1) is 0 Å². The summed E-state index contributed by atoms with van der Waals surface area (Å²) in [6, 6.07) is 8.14. The molecule has 0 radical (unpaired) electrons. The molecule has 0 spiro atoms. The fourth-order valence-corrected chi connectivity index (χ4v) is 1.82. The molecule has 18 heavy (non-hydrogen) atoms. The van der Waals surface area contributed by atoms with Gasteiger partial charge in [0, 0.05) is 18.1 Å². The highest BCUT2D eigenvalue weighted by Gasteiger charge is 2.05. The minimum Gasteiger partial charge on any atom is -0.338 e. The number of hydrogen-bond acceptors (Lipinski definition) is 4. The third-order valence-corrected chi connectivity index (χ3v) is 2.79. The molecule has 0 unspecified atom stereocenters. The summed E-state index contributed by atoms with van der Waals surface area (Å²) in [7, 11) is 0. The second kappa shape index (κ2) is 5.28. The van der Waals surface area contributed by atoms with Gasteiger partial charge in [-0.2, -0.15) is 5.26 Å². The van der Waals surface area contributed by atoms with Gasteiger partial charge in [-0.1, -0.05) is 13.0 Å². The zero-order valence-electron chi connectivity index (χ0n) is 10.4. The summed E-state index contributed by atoms with van der Waals surface area (Å²) in [5.41, 5.74) is 3.77. The van der Waals surface area contributed by atoms with E-state index in [4.69, 9.17) is 5.26 Å². The Morgan fingerprint density at radius 2 is 2.06 bits per heavy atom. The summed E-state index contributed by atoms with van der Waals surface area (Å²) < 4.78 is 0. The summed E-state index contributed by atoms with van der Waals surface area (Å²) in [5.74, 6) is 0.489. The number of benzene rings is 1. The quantitative estimate of drug-likeness (QED) is 0.893. The standard InChI is InChI=1S/C14H14N4/c1-3-11-4-5-12(8-10(11)2)18-14-13(9-15)16-6-7-17-14/h4-8H,3H2,1-2H3,(H,17,18). The molecule has 0 atom stereocenters. The van der Waals surface area contributed by atoms with E-state index in [1.807, 2.05) is 12.1 Å². The Kier molecular flexibility index (Phi) is 3.54. The fraction of sp³-hybridized carbons (Fsp3) is 0.214. The lowest BCUT2D eigenvalue weighted by Gasteiger charge is -2.09. The molecule has 0 bridgehead atoms. The summed E-state index contributed by atoms with van der Waals surface area (Å²) >= 11 is 0. The van der Waals surface area contributed by atoms with Crippen LogP contribution in [0.4, 0.5) is 11.5 Å². The summed E-state index contributed by atoms with van der Waals surface area (Å²) in [5, 5.41) is 12.1. The first kappa shape index (κ1) is 12.1. The van der Waals surface area contributed by atoms with E-state index >= 15 is 0 Å². The molecule has 2 rings (SSSR count). The number of rotatable bonds is 3. The Morgan fingerprint density at radius 1 is 1.28 bits per heavy atom. The maximum absolute atomic E-state index is 8.94. The molecule has 0 amide bonds. The van der Waals surface area contributed by atoms with Crippen LogP contribution in [0.5, 0.6) is 0 Å². The smallest absolute Gasteiger partial charge is 0.183 e. The molecule has 4 nitrogen and oxygen atoms in total. The highest BCUT2D eigenvalue weighted by Crippen LogP contribution is 2.20. The predicted molar refractivity (Wildman–Crippen MR) is 70.6 cm³/mol. The van der Waals surface area contributed by atoms with Gasteiger partial charge in [-0.3, -0.25) is 0 Å². The minimum atomic E-state index is 0.301. The normalized spacial score (nSPS) is 9.83. The van der Waals surface area contributed by atoms with Crippen molar-refractivity contribution in [2.45, 2.75) is 20.3 Å². The van der Waals surface area contributed by atoms with Crippen LogP contribution in [0.3, 0.4) is 0 Å². The molecule has 1 heterocycles. The van der Waals surface area contributed by atoms with Crippen molar-refractivity contribution in [2.75, 3.05) is 5.32 Å². The van der Waals surface area contributed by atoms with Crippen LogP contribution in [0, 0.1) is 18.3 Å². The first-order chi connectivity index (χ1) is 8.74. The average Bonchev–Trinajstić information content (AvgIpc) is 2.39. The van der Waals surface area contributed by atoms with Gasteiger partial charge in [0.2, 0.25) is 0 Å². The van der Waals surface area contributed by atoms with Crippen molar-refractivity contribution in [2.24, 2.45) is 0 Å². The van der Waals surface area contributed by atoms with Crippen molar-refractivity contribution in [3.05, 3.63) is 47.4 Å². The van der Waals surface area contributed by atoms with Gasteiger partial charge in [0.1, 0.15) is 6.07 Å². The first-order valence-corrected chi connectivity index (χ1v) is 5.82. The fourth-order valence-electron chi connectivity index (χ4n) is 1.82. The average molecular weight is 238 g/mol. The summed E-state index contributed by atoms with van der Waals surface area (Å²) in [4.78, 5) is 8.08. The molecular formula is C14H14N4. The second-order valence-electron chi connectivity index (χ2n) is 3.99. The van der Waals surface area contributed by atoms with Gasteiger partial charge >= 0.3 is 0 Å². The molecule has 1 N–H and O–H groups in total. The Hall–Kier alpha value is -2.41. The lowest BCUT2D eigenvalue weighted by molar-refractivity contribution is 1.11. The number of anilines is 2. The molecule has 0 saturated heterocycles. The maximum atomic E-state index is 8.94. The van der Waals surface area contributed by atoms with Gasteiger partial charge < -0.3 is 5.32 Å². The Morgan fingerprint density at radius 3 is 2.72 bits per heavy atom. The maximum Gasteiger partial charge on any atom is 0.183 e. The molecule has 90 valence electrons. The SMILES string of the molecule is CCc1ccc(Nc2nccnc2C#N)cc1C. The molecule has 0 saturated carbocycles. The number of nitrogens with zero attached hydrogens (tertiary/aromatic N) is 3. The summed E-state index contributed by atoms with van der Waals surface area (Å²) in [6.07, 6.45) is 4.09. The summed E-state index contributed by atoms with van der Waals surface area (Å²) in [6.45, 7) is 4.21. The molecular weight excluding hydrogens is 224 g/mol. The van der Waals surface area contributed by atoms with Crippen LogP contribution in [0.25, 0.3) is 0 Å². The highest BCUT2D eigenvalue weighted by atomic mass is 15.0. The Bertz CT molecular complexity index is 599. The van der Waals surface area contributed by atoms with E-state index in [0.29, 0.717) is 11.5 Å². The van der Waals surface area contributed by atoms with E-state index in [0.717, 1.165) is 12.1 Å². The van der Waals surface area contributed by atoms with Gasteiger partial charge in [0.25, 0.3) is 0 Å². The van der Waals surface area contributed by atoms with Crippen LogP contribution in [0.2, 0.25) is 0 Å². The van der Waals surface area contributed by atoms with E-state index in [1.54, 1.807) is 6.20 Å². The molecule has 4 heteroatoms. The Balaban J connectivity index is 2.29. The second-order valence-corrected chi connectivity index (χ2v) is 3.99. The predicted octanol–water partition coefficient (Wildman–Crippen LogP) is 2.96. The van der Waals surface area contributed by atoms with Crippen LogP contribution in [0.15, 0.2) is 30.6 Å². The lowest BCUT2D eigenvalue weighted by atomic mass is 10.1. The lowest BCUT2D eigenvalue weighted by Crippen LogP contribution is -1.99. The van der Waals surface area contributed by atoms with Crippen LogP contribution >= 0.6 is 0 Å². The molecule has 2 aromatic rings. The number of aromatic nitrogens is 2. The van der Waals surface area contributed by atoms with Crippen LogP contribution in [0.1, 0.15) is 23.7 Å². The molecule has 1 aromatic heterocycles. The van der Waals surface area contributed by atoms with Gasteiger partial charge in [-0.05, 0) is 36.6 Å². The minimum absolute atomic E-state index is 0.301. The van der Waals surface area contributed by atoms with Crippen molar-refractivity contribution < 1.29 is 0 Å². The van der Waals surface area contributed by atoms with Crippen molar-refractivity contribution in [1.82, 2.24) is 9.97 Å². The van der Waals surface area contributed by atoms with Gasteiger partial charge in [-0.25, -0.2) is 9.97 Å². The van der Waals surface area contributed by atoms with Crippen molar-refractivity contribution in [3.63, 3.8) is 0 Å². The van der Waals surface area contributed by atoms with Gasteiger partial charge in [-0.15, -0.1) is 0 Å². The van der Waals surface area contributed by atoms with Crippen LogP contribution in [-0.2, 0) is 6.42 Å². The van der Waals surface area contributed by atoms with E-state index in [2.05, 4.69) is 41.3 Å². The third-order valence-electron chi connectivity index (χ3n) is 2.79. The molecule has 1 aromatic carbocycles. The molecule has 0 aliphatic carbocycles. The van der Waals surface area contributed by atoms with Crippen molar-refractivity contribution >= 4 is 11.5 Å². The third kappa shape index (κ3) is 2.46. The molecule has 0 fully saturated rings. The van der Waals surface area contributed by atoms with Crippen molar-refractivity contribution in [3.8, 4) is 6.07 Å². The van der Waals surface area contributed by atoms with E-state index in [9.17, 15) is 0 Å². The largest absolute Gasteiger partial charge is 0.338 e. The number of aryl methyl sites for hydroxylation is 2. The Labute approximate surface area is 106 Å². The van der Waals surface area contributed by atoms with Crippen molar-refractivity contribution in [1.29, 1.82) is 5.26 Å². The molecule has 0 aliphatic rings. The zero-order chi connectivity index (χ0) is 13.0. The van der Waals surface area contributed by atoms with Gasteiger partial charge in [0.15, 0.2) is 11.5 Å². The van der Waals surface area contributed by atoms with Crippen LogP contribution in [-0.4, -0.2) is 9.97 Å². The van der Waals surface area contributed by atoms with E-state index in [-0.39, 0.29) is 0 Å². The molecule has 0 aliphatic heterocycles.